The zero-order chi connectivity index (χ0) is 20.2. The molecular weight excluding hydrogens is 384 g/mol. The van der Waals surface area contributed by atoms with Crippen molar-refractivity contribution in [2.75, 3.05) is 15.9 Å². The number of sulfonamides is 1. The Balaban J connectivity index is 2.36. The number of hydrogen-bond donors (Lipinski definition) is 1. The summed E-state index contributed by atoms with van der Waals surface area (Å²) >= 11 is 6.17. The molecule has 0 spiro atoms. The number of anilines is 2. The summed E-state index contributed by atoms with van der Waals surface area (Å²) in [4.78, 5) is 12.9. The largest absolute Gasteiger partial charge is 0.324 e. The number of nitrogens with zero attached hydrogens (tertiary/aromatic N) is 1. The molecule has 0 aromatic heterocycles. The second-order valence-electron chi connectivity index (χ2n) is 6.46. The number of benzene rings is 2. The Kier molecular flexibility index (Phi) is 6.89. The summed E-state index contributed by atoms with van der Waals surface area (Å²) in [5.74, 6) is -0.385. The molecular formula is C20H25ClN2O3S. The van der Waals surface area contributed by atoms with Gasteiger partial charge in [-0.15, -0.1) is 0 Å². The lowest BCUT2D eigenvalue weighted by atomic mass is 10.1. The number of amides is 1. The van der Waals surface area contributed by atoms with Crippen LogP contribution in [-0.2, 0) is 21.2 Å². The van der Waals surface area contributed by atoms with E-state index in [0.717, 1.165) is 28.1 Å². The molecule has 0 bridgehead atoms. The average Bonchev–Trinajstić information content (AvgIpc) is 2.61. The topological polar surface area (TPSA) is 66.5 Å². The molecule has 1 amide bonds. The Morgan fingerprint density at radius 3 is 2.26 bits per heavy atom. The van der Waals surface area contributed by atoms with Gasteiger partial charge in [-0.1, -0.05) is 43.6 Å². The highest BCUT2D eigenvalue weighted by Crippen LogP contribution is 2.28. The first kappa shape index (κ1) is 21.3. The van der Waals surface area contributed by atoms with E-state index in [1.54, 1.807) is 25.1 Å². The van der Waals surface area contributed by atoms with E-state index in [2.05, 4.69) is 12.2 Å². The Hall–Kier alpha value is -2.05. The monoisotopic (exact) mass is 408 g/mol. The second kappa shape index (κ2) is 8.76. The van der Waals surface area contributed by atoms with Gasteiger partial charge in [0.05, 0.1) is 11.9 Å². The van der Waals surface area contributed by atoms with Crippen LogP contribution >= 0.6 is 11.6 Å². The van der Waals surface area contributed by atoms with Gasteiger partial charge in [0.1, 0.15) is 6.04 Å². The van der Waals surface area contributed by atoms with Gasteiger partial charge in [-0.3, -0.25) is 9.10 Å². The quantitative estimate of drug-likeness (QED) is 0.738. The molecule has 0 aliphatic rings. The van der Waals surface area contributed by atoms with E-state index in [1.807, 2.05) is 31.2 Å². The smallest absolute Gasteiger partial charge is 0.248 e. The molecule has 0 aliphatic heterocycles. The molecule has 0 saturated carbocycles. The minimum absolute atomic E-state index is 0.317. The highest BCUT2D eigenvalue weighted by Gasteiger charge is 2.31. The fourth-order valence-corrected chi connectivity index (χ4v) is 4.21. The van der Waals surface area contributed by atoms with Gasteiger partial charge < -0.3 is 5.32 Å². The van der Waals surface area contributed by atoms with E-state index in [4.69, 9.17) is 11.6 Å². The predicted molar refractivity (Wildman–Crippen MR) is 112 cm³/mol. The van der Waals surface area contributed by atoms with Gasteiger partial charge in [-0.2, -0.15) is 0 Å². The summed E-state index contributed by atoms with van der Waals surface area (Å²) in [7, 11) is -3.69. The van der Waals surface area contributed by atoms with Crippen LogP contribution in [0.3, 0.4) is 0 Å². The highest BCUT2D eigenvalue weighted by atomic mass is 35.5. The van der Waals surface area contributed by atoms with Gasteiger partial charge in [0.25, 0.3) is 0 Å². The third kappa shape index (κ3) is 5.23. The van der Waals surface area contributed by atoms with E-state index in [-0.39, 0.29) is 5.91 Å². The van der Waals surface area contributed by atoms with Gasteiger partial charge in [0.15, 0.2) is 0 Å². The number of nitrogens with one attached hydrogen (secondary N) is 1. The molecule has 0 fully saturated rings. The van der Waals surface area contributed by atoms with E-state index >= 15 is 0 Å². The number of carbonyl (C=O) groups excluding carboxylic acids is 1. The van der Waals surface area contributed by atoms with Crippen LogP contribution in [-0.4, -0.2) is 26.6 Å². The van der Waals surface area contributed by atoms with Crippen molar-refractivity contribution in [2.24, 2.45) is 0 Å². The van der Waals surface area contributed by atoms with Crippen LogP contribution in [0.1, 0.15) is 31.4 Å². The molecule has 1 N–H and O–H groups in total. The molecule has 1 atom stereocenters. The van der Waals surface area contributed by atoms with Crippen LogP contribution in [0.15, 0.2) is 42.5 Å². The number of hydrogen-bond acceptors (Lipinski definition) is 3. The summed E-state index contributed by atoms with van der Waals surface area (Å²) in [6.45, 7) is 5.66. The Morgan fingerprint density at radius 2 is 1.78 bits per heavy atom. The molecule has 7 heteroatoms. The van der Waals surface area contributed by atoms with E-state index in [0.29, 0.717) is 22.8 Å². The maximum atomic E-state index is 12.9. The fraction of sp³-hybridized carbons (Fsp3) is 0.350. The summed E-state index contributed by atoms with van der Waals surface area (Å²) < 4.78 is 26.1. The van der Waals surface area contributed by atoms with Crippen molar-refractivity contribution in [3.8, 4) is 0 Å². The Labute approximate surface area is 166 Å². The standard InChI is InChI=1S/C20H25ClN2O3S/c1-5-15-8-10-16(11-9-15)22-20(24)19(6-2)23(27(4,25)26)17-12-7-14(3)18(21)13-17/h7-13,19H,5-6H2,1-4H3,(H,22,24)/t19-/m0/s1. The summed E-state index contributed by atoms with van der Waals surface area (Å²) in [6, 6.07) is 11.6. The zero-order valence-corrected chi connectivity index (χ0v) is 17.6. The molecule has 0 heterocycles. The number of aryl methyl sites for hydroxylation is 2. The molecule has 0 aliphatic carbocycles. The lowest BCUT2D eigenvalue weighted by Gasteiger charge is -2.30. The van der Waals surface area contributed by atoms with Crippen molar-refractivity contribution in [3.05, 3.63) is 58.6 Å². The molecule has 0 radical (unpaired) electrons. The number of rotatable bonds is 7. The third-order valence-corrected chi connectivity index (χ3v) is 5.96. The first-order chi connectivity index (χ1) is 12.7. The van der Waals surface area contributed by atoms with E-state index < -0.39 is 16.1 Å². The predicted octanol–water partition coefficient (Wildman–Crippen LogP) is 4.39. The van der Waals surface area contributed by atoms with Crippen molar-refractivity contribution in [1.82, 2.24) is 0 Å². The van der Waals surface area contributed by atoms with Crippen LogP contribution in [0, 0.1) is 6.92 Å². The van der Waals surface area contributed by atoms with Gasteiger partial charge in [-0.05, 0) is 55.2 Å². The van der Waals surface area contributed by atoms with E-state index in [1.165, 1.54) is 0 Å². The minimum atomic E-state index is -3.69. The number of carbonyl (C=O) groups is 1. The molecule has 27 heavy (non-hydrogen) atoms. The van der Waals surface area contributed by atoms with Gasteiger partial charge >= 0.3 is 0 Å². The van der Waals surface area contributed by atoms with Crippen molar-refractivity contribution in [2.45, 2.75) is 39.7 Å². The molecule has 2 rings (SSSR count). The third-order valence-electron chi connectivity index (χ3n) is 4.37. The SMILES string of the molecule is CCc1ccc(NC(=O)[C@H](CC)N(c2ccc(C)c(Cl)c2)S(C)(=O)=O)cc1. The minimum Gasteiger partial charge on any atom is -0.324 e. The normalized spacial score (nSPS) is 12.5. The molecule has 5 nitrogen and oxygen atoms in total. The molecule has 0 unspecified atom stereocenters. The second-order valence-corrected chi connectivity index (χ2v) is 8.72. The maximum absolute atomic E-state index is 12.9. The van der Waals surface area contributed by atoms with Crippen LogP contribution in [0.4, 0.5) is 11.4 Å². The van der Waals surface area contributed by atoms with Crippen LogP contribution in [0.25, 0.3) is 0 Å². The van der Waals surface area contributed by atoms with Crippen molar-refractivity contribution >= 4 is 38.9 Å². The van der Waals surface area contributed by atoms with Crippen molar-refractivity contribution < 1.29 is 13.2 Å². The van der Waals surface area contributed by atoms with E-state index in [9.17, 15) is 13.2 Å². The number of halogens is 1. The van der Waals surface area contributed by atoms with Crippen LogP contribution < -0.4 is 9.62 Å². The first-order valence-electron chi connectivity index (χ1n) is 8.82. The summed E-state index contributed by atoms with van der Waals surface area (Å²) in [6.07, 6.45) is 2.31. The Morgan fingerprint density at radius 1 is 1.15 bits per heavy atom. The Bertz CT molecular complexity index is 911. The fourth-order valence-electron chi connectivity index (χ4n) is 2.83. The van der Waals surface area contributed by atoms with Crippen LogP contribution in [0.5, 0.6) is 0 Å². The highest BCUT2D eigenvalue weighted by molar-refractivity contribution is 7.92. The van der Waals surface area contributed by atoms with Gasteiger partial charge in [0, 0.05) is 10.7 Å². The molecule has 0 saturated heterocycles. The summed E-state index contributed by atoms with van der Waals surface area (Å²) in [5, 5.41) is 3.27. The average molecular weight is 409 g/mol. The lowest BCUT2D eigenvalue weighted by molar-refractivity contribution is -0.117. The molecule has 2 aromatic carbocycles. The zero-order valence-electron chi connectivity index (χ0n) is 16.0. The van der Waals surface area contributed by atoms with Crippen molar-refractivity contribution in [3.63, 3.8) is 0 Å². The van der Waals surface area contributed by atoms with Gasteiger partial charge in [-0.25, -0.2) is 8.42 Å². The van der Waals surface area contributed by atoms with Gasteiger partial charge in [0.2, 0.25) is 15.9 Å². The maximum Gasteiger partial charge on any atom is 0.248 e. The lowest BCUT2D eigenvalue weighted by Crippen LogP contribution is -2.47. The summed E-state index contributed by atoms with van der Waals surface area (Å²) in [5.41, 5.74) is 3.00. The molecule has 2 aromatic rings. The van der Waals surface area contributed by atoms with Crippen molar-refractivity contribution in [1.29, 1.82) is 0 Å². The molecule has 146 valence electrons. The van der Waals surface area contributed by atoms with Crippen LogP contribution in [0.2, 0.25) is 5.02 Å². The first-order valence-corrected chi connectivity index (χ1v) is 11.0.